The van der Waals surface area contributed by atoms with Gasteiger partial charge in [0.05, 0.1) is 11.8 Å². The fourth-order valence-corrected chi connectivity index (χ4v) is 6.07. The van der Waals surface area contributed by atoms with Gasteiger partial charge in [-0.25, -0.2) is 8.42 Å². The van der Waals surface area contributed by atoms with Crippen molar-refractivity contribution < 1.29 is 17.9 Å². The van der Waals surface area contributed by atoms with Crippen LogP contribution >= 0.6 is 23.1 Å². The first kappa shape index (κ1) is 21.0. The molecule has 1 fully saturated rings. The van der Waals surface area contributed by atoms with Gasteiger partial charge >= 0.3 is 0 Å². The molecule has 0 atom stereocenters. The number of hydrogen-bond acceptors (Lipinski definition) is 6. The van der Waals surface area contributed by atoms with E-state index in [0.29, 0.717) is 10.7 Å². The Balaban J connectivity index is 1.53. The molecule has 30 heavy (non-hydrogen) atoms. The van der Waals surface area contributed by atoms with Crippen molar-refractivity contribution in [2.45, 2.75) is 11.8 Å². The van der Waals surface area contributed by atoms with E-state index in [9.17, 15) is 13.2 Å². The van der Waals surface area contributed by atoms with Crippen molar-refractivity contribution in [2.75, 3.05) is 33.3 Å². The van der Waals surface area contributed by atoms with Gasteiger partial charge in [-0.05, 0) is 48.8 Å². The lowest BCUT2D eigenvalue weighted by Gasteiger charge is -2.34. The molecule has 1 aromatic heterocycles. The molecule has 0 unspecified atom stereocenters. The summed E-state index contributed by atoms with van der Waals surface area (Å²) in [5.74, 6) is 0.0615. The van der Waals surface area contributed by atoms with E-state index in [-0.39, 0.29) is 42.7 Å². The molecule has 4 rings (SSSR count). The molecule has 0 bridgehead atoms. The van der Waals surface area contributed by atoms with Crippen LogP contribution in [0.2, 0.25) is 5.02 Å². The van der Waals surface area contributed by atoms with Crippen molar-refractivity contribution in [3.05, 3.63) is 52.7 Å². The zero-order valence-electron chi connectivity index (χ0n) is 16.5. The highest BCUT2D eigenvalue weighted by Crippen LogP contribution is 2.30. The number of benzene rings is 2. The van der Waals surface area contributed by atoms with Gasteiger partial charge in [-0.3, -0.25) is 4.79 Å². The molecule has 2 aromatic carbocycles. The van der Waals surface area contributed by atoms with Crippen molar-refractivity contribution in [3.8, 4) is 5.75 Å². The largest absolute Gasteiger partial charge is 0.495 e. The van der Waals surface area contributed by atoms with Crippen LogP contribution in [0.3, 0.4) is 0 Å². The van der Waals surface area contributed by atoms with Gasteiger partial charge < -0.3 is 9.64 Å². The summed E-state index contributed by atoms with van der Waals surface area (Å²) in [4.78, 5) is 14.7. The number of carbonyl (C=O) groups is 1. The number of sulfonamides is 1. The monoisotopic (exact) mass is 465 g/mol. The van der Waals surface area contributed by atoms with E-state index in [1.54, 1.807) is 11.0 Å². The third-order valence-electron chi connectivity index (χ3n) is 5.10. The van der Waals surface area contributed by atoms with Crippen LogP contribution in [0.4, 0.5) is 0 Å². The number of halogens is 1. The normalized spacial score (nSPS) is 15.5. The Morgan fingerprint density at radius 1 is 1.13 bits per heavy atom. The molecule has 1 aliphatic heterocycles. The van der Waals surface area contributed by atoms with Gasteiger partial charge in [0.1, 0.15) is 16.3 Å². The minimum Gasteiger partial charge on any atom is -0.495 e. The Bertz CT molecular complexity index is 1220. The van der Waals surface area contributed by atoms with Crippen LogP contribution in [-0.2, 0) is 10.0 Å². The van der Waals surface area contributed by atoms with E-state index in [2.05, 4.69) is 4.37 Å². The highest BCUT2D eigenvalue weighted by Gasteiger charge is 2.33. The smallest absolute Gasteiger partial charge is 0.274 e. The predicted octanol–water partition coefficient (Wildman–Crippen LogP) is 3.41. The SMILES string of the molecule is COc1ccc(Cl)cc1S(=O)(=O)N1CCN(C(=O)c2nsc3ccc(C)cc23)CC1. The third-order valence-corrected chi connectivity index (χ3v) is 8.08. The average Bonchev–Trinajstić information content (AvgIpc) is 3.16. The molecule has 158 valence electrons. The molecule has 1 saturated heterocycles. The molecular formula is C20H20ClN3O4S2. The van der Waals surface area contributed by atoms with E-state index >= 15 is 0 Å². The van der Waals surface area contributed by atoms with Crippen LogP contribution < -0.4 is 4.74 Å². The van der Waals surface area contributed by atoms with Crippen molar-refractivity contribution >= 4 is 49.2 Å². The van der Waals surface area contributed by atoms with Gasteiger partial charge in [-0.2, -0.15) is 8.68 Å². The maximum absolute atomic E-state index is 13.1. The molecular weight excluding hydrogens is 446 g/mol. The summed E-state index contributed by atoms with van der Waals surface area (Å²) in [5.41, 5.74) is 1.48. The van der Waals surface area contributed by atoms with Gasteiger partial charge in [0.2, 0.25) is 10.0 Å². The first-order valence-corrected chi connectivity index (χ1v) is 11.9. The van der Waals surface area contributed by atoms with Crippen LogP contribution in [0.5, 0.6) is 5.75 Å². The van der Waals surface area contributed by atoms with Gasteiger partial charge in [0.25, 0.3) is 5.91 Å². The lowest BCUT2D eigenvalue weighted by molar-refractivity contribution is 0.0695. The van der Waals surface area contributed by atoms with Crippen LogP contribution in [-0.4, -0.2) is 61.2 Å². The van der Waals surface area contributed by atoms with E-state index in [4.69, 9.17) is 16.3 Å². The van der Waals surface area contributed by atoms with Crippen LogP contribution in [0.1, 0.15) is 16.1 Å². The standard InChI is InChI=1S/C20H20ClN3O4S2/c1-13-3-6-17-15(11-13)19(22-29-17)20(25)23-7-9-24(10-8-23)30(26,27)18-12-14(21)4-5-16(18)28-2/h3-6,11-12H,7-10H2,1-2H3. The number of nitrogens with zero attached hydrogens (tertiary/aromatic N) is 3. The molecule has 7 nitrogen and oxygen atoms in total. The second-order valence-electron chi connectivity index (χ2n) is 7.02. The number of ether oxygens (including phenoxy) is 1. The van der Waals surface area contributed by atoms with Gasteiger partial charge in [-0.15, -0.1) is 0 Å². The maximum atomic E-state index is 13.1. The fourth-order valence-electron chi connectivity index (χ4n) is 3.48. The molecule has 10 heteroatoms. The second kappa shape index (κ2) is 8.14. The molecule has 2 heterocycles. The summed E-state index contributed by atoms with van der Waals surface area (Å²) in [6.07, 6.45) is 0. The average molecular weight is 466 g/mol. The van der Waals surface area contributed by atoms with Crippen molar-refractivity contribution in [1.82, 2.24) is 13.6 Å². The second-order valence-corrected chi connectivity index (χ2v) is 10.2. The number of aryl methyl sites for hydroxylation is 1. The number of aromatic nitrogens is 1. The van der Waals surface area contributed by atoms with E-state index < -0.39 is 10.0 Å². The number of fused-ring (bicyclic) bond motifs is 1. The lowest BCUT2D eigenvalue weighted by Crippen LogP contribution is -2.50. The molecule has 0 spiro atoms. The zero-order chi connectivity index (χ0) is 21.5. The number of carbonyl (C=O) groups excluding carboxylic acids is 1. The summed E-state index contributed by atoms with van der Waals surface area (Å²) in [5, 5.41) is 1.15. The summed E-state index contributed by atoms with van der Waals surface area (Å²) in [7, 11) is -2.38. The van der Waals surface area contributed by atoms with Gasteiger partial charge in [0, 0.05) is 36.6 Å². The Hall–Kier alpha value is -2.20. The Kier molecular flexibility index (Phi) is 5.71. The van der Waals surface area contributed by atoms with Crippen molar-refractivity contribution in [3.63, 3.8) is 0 Å². The number of piperazine rings is 1. The number of hydrogen-bond donors (Lipinski definition) is 0. The number of rotatable bonds is 4. The number of methoxy groups -OCH3 is 1. The number of amides is 1. The predicted molar refractivity (Wildman–Crippen MR) is 117 cm³/mol. The molecule has 0 saturated carbocycles. The van der Waals surface area contributed by atoms with Crippen LogP contribution in [0.25, 0.3) is 10.1 Å². The highest BCUT2D eigenvalue weighted by atomic mass is 35.5. The fraction of sp³-hybridized carbons (Fsp3) is 0.300. The van der Waals surface area contributed by atoms with Gasteiger partial charge in [0.15, 0.2) is 0 Å². The lowest BCUT2D eigenvalue weighted by atomic mass is 10.1. The summed E-state index contributed by atoms with van der Waals surface area (Å²) in [6, 6.07) is 10.4. The topological polar surface area (TPSA) is 79.8 Å². The summed E-state index contributed by atoms with van der Waals surface area (Å²) < 4.78 is 38.1. The van der Waals surface area contributed by atoms with Gasteiger partial charge in [-0.1, -0.05) is 23.2 Å². The van der Waals surface area contributed by atoms with Crippen LogP contribution in [0.15, 0.2) is 41.3 Å². The van der Waals surface area contributed by atoms with Crippen LogP contribution in [0, 0.1) is 6.92 Å². The third kappa shape index (κ3) is 3.78. The Morgan fingerprint density at radius 2 is 1.87 bits per heavy atom. The van der Waals surface area contributed by atoms with E-state index in [1.165, 1.54) is 35.1 Å². The van der Waals surface area contributed by atoms with E-state index in [0.717, 1.165) is 15.6 Å². The first-order valence-electron chi connectivity index (χ1n) is 9.30. The maximum Gasteiger partial charge on any atom is 0.274 e. The highest BCUT2D eigenvalue weighted by molar-refractivity contribution is 7.89. The van der Waals surface area contributed by atoms with Crippen molar-refractivity contribution in [1.29, 1.82) is 0 Å². The molecule has 0 radical (unpaired) electrons. The summed E-state index contributed by atoms with van der Waals surface area (Å²) in [6.45, 7) is 2.91. The zero-order valence-corrected chi connectivity index (χ0v) is 18.9. The Labute approximate surface area is 184 Å². The minimum absolute atomic E-state index is 0.0262. The minimum atomic E-state index is -3.80. The molecule has 1 amide bonds. The van der Waals surface area contributed by atoms with Crippen molar-refractivity contribution in [2.24, 2.45) is 0 Å². The Morgan fingerprint density at radius 3 is 2.57 bits per heavy atom. The molecule has 1 aliphatic rings. The van der Waals surface area contributed by atoms with E-state index in [1.807, 2.05) is 25.1 Å². The molecule has 0 aliphatic carbocycles. The first-order chi connectivity index (χ1) is 14.3. The quantitative estimate of drug-likeness (QED) is 0.589. The molecule has 3 aromatic rings. The molecule has 0 N–H and O–H groups in total. The summed E-state index contributed by atoms with van der Waals surface area (Å²) >= 11 is 7.29.